The molecule has 1 aliphatic rings. The molecule has 1 aliphatic heterocycles. The highest BCUT2D eigenvalue weighted by Gasteiger charge is 2.14. The molecule has 0 saturated carbocycles. The lowest BCUT2D eigenvalue weighted by molar-refractivity contribution is 0.141. The summed E-state index contributed by atoms with van der Waals surface area (Å²) in [6.45, 7) is 12.0. The van der Waals surface area contributed by atoms with E-state index < -0.39 is 0 Å². The number of piperazine rings is 1. The summed E-state index contributed by atoms with van der Waals surface area (Å²) in [7, 11) is 3.95. The minimum atomic E-state index is 0.586. The van der Waals surface area contributed by atoms with Crippen molar-refractivity contribution in [1.29, 1.82) is 0 Å². The molecule has 1 heterocycles. The standard InChI is InChI=1S/C15H28N2O/c1-13(2)10-14(3)11-15(18-5)12-17-8-6-16(4)7-9-17/h10-11,13H,6-9,12H2,1-5H3/b14-10-,15-11+. The van der Waals surface area contributed by atoms with E-state index in [2.05, 4.69) is 49.8 Å². The van der Waals surface area contributed by atoms with E-state index in [1.165, 1.54) is 5.57 Å². The Morgan fingerprint density at radius 2 is 1.83 bits per heavy atom. The van der Waals surface area contributed by atoms with Crippen LogP contribution in [0.25, 0.3) is 0 Å². The Balaban J connectivity index is 2.53. The molecule has 0 aromatic rings. The van der Waals surface area contributed by atoms with E-state index in [4.69, 9.17) is 4.74 Å². The molecule has 3 nitrogen and oxygen atoms in total. The van der Waals surface area contributed by atoms with Gasteiger partial charge in [-0.2, -0.15) is 0 Å². The fourth-order valence-electron chi connectivity index (χ4n) is 2.22. The third-order valence-corrected chi connectivity index (χ3v) is 3.22. The first-order valence-corrected chi connectivity index (χ1v) is 6.85. The zero-order valence-corrected chi connectivity index (χ0v) is 12.6. The Kier molecular flexibility index (Phi) is 6.44. The average molecular weight is 252 g/mol. The van der Waals surface area contributed by atoms with Gasteiger partial charge in [-0.15, -0.1) is 0 Å². The molecule has 0 spiro atoms. The Bertz CT molecular complexity index is 300. The predicted octanol–water partition coefficient (Wildman–Crippen LogP) is 2.37. The first-order valence-electron chi connectivity index (χ1n) is 6.85. The molecule has 104 valence electrons. The molecule has 18 heavy (non-hydrogen) atoms. The number of rotatable bonds is 5. The topological polar surface area (TPSA) is 15.7 Å². The molecule has 0 N–H and O–H groups in total. The van der Waals surface area contributed by atoms with Gasteiger partial charge in [-0.05, 0) is 26.0 Å². The second-order valence-corrected chi connectivity index (χ2v) is 5.55. The summed E-state index contributed by atoms with van der Waals surface area (Å²) in [6.07, 6.45) is 4.43. The summed E-state index contributed by atoms with van der Waals surface area (Å²) >= 11 is 0. The number of hydrogen-bond donors (Lipinski definition) is 0. The lowest BCUT2D eigenvalue weighted by Gasteiger charge is -2.32. The van der Waals surface area contributed by atoms with E-state index in [0.717, 1.165) is 38.5 Å². The van der Waals surface area contributed by atoms with Crippen LogP contribution < -0.4 is 0 Å². The SMILES string of the molecule is CO/C(=C/C(C)=C\C(C)C)CN1CCN(C)CC1. The summed E-state index contributed by atoms with van der Waals surface area (Å²) in [4.78, 5) is 4.83. The van der Waals surface area contributed by atoms with Gasteiger partial charge in [-0.1, -0.05) is 25.5 Å². The van der Waals surface area contributed by atoms with Crippen molar-refractivity contribution in [2.45, 2.75) is 20.8 Å². The van der Waals surface area contributed by atoms with Crippen LogP contribution in [-0.4, -0.2) is 56.7 Å². The number of nitrogens with zero attached hydrogens (tertiary/aromatic N) is 2. The Morgan fingerprint density at radius 3 is 2.33 bits per heavy atom. The van der Waals surface area contributed by atoms with Crippen LogP contribution in [0.3, 0.4) is 0 Å². The van der Waals surface area contributed by atoms with Crippen LogP contribution in [0.5, 0.6) is 0 Å². The van der Waals surface area contributed by atoms with Gasteiger partial charge in [-0.3, -0.25) is 4.90 Å². The maximum Gasteiger partial charge on any atom is 0.110 e. The summed E-state index contributed by atoms with van der Waals surface area (Å²) in [6, 6.07) is 0. The minimum absolute atomic E-state index is 0.586. The Labute approximate surface area is 112 Å². The fraction of sp³-hybridized carbons (Fsp3) is 0.733. The third-order valence-electron chi connectivity index (χ3n) is 3.22. The Morgan fingerprint density at radius 1 is 1.22 bits per heavy atom. The zero-order valence-electron chi connectivity index (χ0n) is 12.6. The number of likely N-dealkylation sites (N-methyl/N-ethyl adjacent to an activating group) is 1. The summed E-state index contributed by atoms with van der Waals surface area (Å²) in [5, 5.41) is 0. The number of hydrogen-bond acceptors (Lipinski definition) is 3. The van der Waals surface area contributed by atoms with E-state index >= 15 is 0 Å². The molecule has 0 amide bonds. The van der Waals surface area contributed by atoms with Crippen molar-refractivity contribution in [1.82, 2.24) is 9.80 Å². The van der Waals surface area contributed by atoms with E-state index in [0.29, 0.717) is 5.92 Å². The molecular weight excluding hydrogens is 224 g/mol. The predicted molar refractivity (Wildman–Crippen MR) is 77.6 cm³/mol. The van der Waals surface area contributed by atoms with Gasteiger partial charge in [0.1, 0.15) is 5.76 Å². The van der Waals surface area contributed by atoms with Gasteiger partial charge in [-0.25, -0.2) is 0 Å². The maximum absolute atomic E-state index is 5.50. The van der Waals surface area contributed by atoms with Gasteiger partial charge in [0.05, 0.1) is 13.7 Å². The molecule has 3 heteroatoms. The molecule has 0 aromatic carbocycles. The average Bonchev–Trinajstić information content (AvgIpc) is 2.30. The molecule has 0 radical (unpaired) electrons. The van der Waals surface area contributed by atoms with Crippen molar-refractivity contribution in [3.05, 3.63) is 23.5 Å². The van der Waals surface area contributed by atoms with Crippen LogP contribution in [0.15, 0.2) is 23.5 Å². The molecule has 0 atom stereocenters. The number of methoxy groups -OCH3 is 1. The molecule has 1 rings (SSSR count). The summed E-state index contributed by atoms with van der Waals surface area (Å²) in [5.41, 5.74) is 1.29. The Hall–Kier alpha value is -0.800. The lowest BCUT2D eigenvalue weighted by Crippen LogP contribution is -2.45. The minimum Gasteiger partial charge on any atom is -0.500 e. The first kappa shape index (κ1) is 15.3. The van der Waals surface area contributed by atoms with Gasteiger partial charge in [0.15, 0.2) is 0 Å². The highest BCUT2D eigenvalue weighted by molar-refractivity contribution is 5.20. The lowest BCUT2D eigenvalue weighted by atomic mass is 10.1. The van der Waals surface area contributed by atoms with Crippen molar-refractivity contribution >= 4 is 0 Å². The second-order valence-electron chi connectivity index (χ2n) is 5.55. The van der Waals surface area contributed by atoms with E-state index in [1.54, 1.807) is 7.11 Å². The van der Waals surface area contributed by atoms with E-state index in [1.807, 2.05) is 0 Å². The fourth-order valence-corrected chi connectivity index (χ4v) is 2.22. The largest absolute Gasteiger partial charge is 0.500 e. The van der Waals surface area contributed by atoms with Crippen LogP contribution >= 0.6 is 0 Å². The third kappa shape index (κ3) is 5.69. The normalized spacial score (nSPS) is 20.6. The molecule has 0 unspecified atom stereocenters. The smallest absolute Gasteiger partial charge is 0.110 e. The van der Waals surface area contributed by atoms with E-state index in [-0.39, 0.29) is 0 Å². The number of allylic oxidation sites excluding steroid dienone is 3. The van der Waals surface area contributed by atoms with Gasteiger partial charge < -0.3 is 9.64 Å². The monoisotopic (exact) mass is 252 g/mol. The van der Waals surface area contributed by atoms with Crippen LogP contribution in [-0.2, 0) is 4.74 Å². The highest BCUT2D eigenvalue weighted by Crippen LogP contribution is 2.10. The first-order chi connectivity index (χ1) is 8.51. The van der Waals surface area contributed by atoms with Crippen LogP contribution in [0.2, 0.25) is 0 Å². The van der Waals surface area contributed by atoms with Gasteiger partial charge in [0.25, 0.3) is 0 Å². The molecule has 1 saturated heterocycles. The molecular formula is C15H28N2O. The van der Waals surface area contributed by atoms with Crippen molar-refractivity contribution in [2.24, 2.45) is 5.92 Å². The van der Waals surface area contributed by atoms with E-state index in [9.17, 15) is 0 Å². The van der Waals surface area contributed by atoms with Crippen molar-refractivity contribution < 1.29 is 4.74 Å². The highest BCUT2D eigenvalue weighted by atomic mass is 16.5. The summed E-state index contributed by atoms with van der Waals surface area (Å²) < 4.78 is 5.50. The van der Waals surface area contributed by atoms with Gasteiger partial charge >= 0.3 is 0 Å². The number of ether oxygens (including phenoxy) is 1. The van der Waals surface area contributed by atoms with Gasteiger partial charge in [0.2, 0.25) is 0 Å². The second kappa shape index (κ2) is 7.59. The molecule has 0 aromatic heterocycles. The van der Waals surface area contributed by atoms with Crippen LogP contribution in [0.4, 0.5) is 0 Å². The van der Waals surface area contributed by atoms with Crippen LogP contribution in [0.1, 0.15) is 20.8 Å². The van der Waals surface area contributed by atoms with Crippen molar-refractivity contribution in [3.63, 3.8) is 0 Å². The molecule has 1 fully saturated rings. The van der Waals surface area contributed by atoms with Gasteiger partial charge in [0, 0.05) is 26.2 Å². The molecule has 0 aliphatic carbocycles. The zero-order chi connectivity index (χ0) is 13.5. The summed E-state index contributed by atoms with van der Waals surface area (Å²) in [5.74, 6) is 1.65. The van der Waals surface area contributed by atoms with Crippen molar-refractivity contribution in [3.8, 4) is 0 Å². The molecule has 0 bridgehead atoms. The van der Waals surface area contributed by atoms with Crippen LogP contribution in [0, 0.1) is 5.92 Å². The van der Waals surface area contributed by atoms with Crippen molar-refractivity contribution in [2.75, 3.05) is 46.9 Å². The quantitative estimate of drug-likeness (QED) is 0.552. The maximum atomic E-state index is 5.50.